The van der Waals surface area contributed by atoms with Crippen molar-refractivity contribution in [1.82, 2.24) is 10.3 Å². The number of hydrogen-bond donors (Lipinski definition) is 1. The summed E-state index contributed by atoms with van der Waals surface area (Å²) >= 11 is 0. The Morgan fingerprint density at radius 2 is 2.27 bits per heavy atom. The maximum Gasteiger partial charge on any atom is 0.0333 e. The van der Waals surface area contributed by atoms with Gasteiger partial charge in [0.05, 0.1) is 0 Å². The van der Waals surface area contributed by atoms with E-state index in [4.69, 9.17) is 0 Å². The van der Waals surface area contributed by atoms with Gasteiger partial charge in [-0.15, -0.1) is 0 Å². The van der Waals surface area contributed by atoms with Crippen LogP contribution < -0.4 is 5.32 Å². The van der Waals surface area contributed by atoms with E-state index in [0.717, 1.165) is 5.92 Å². The predicted molar refractivity (Wildman–Crippen MR) is 62.7 cm³/mol. The van der Waals surface area contributed by atoms with Gasteiger partial charge in [0.1, 0.15) is 0 Å². The molecule has 2 rings (SSSR count). The van der Waals surface area contributed by atoms with E-state index in [2.05, 4.69) is 23.3 Å². The average Bonchev–Trinajstić information content (AvgIpc) is 3.03. The standard InChI is InChI=1S/C13H20N2/c1-10-7-12(9-15-8-10)13(14-2)6-5-11-3-4-11/h7-9,11,13-14H,3-6H2,1-2H3. The van der Waals surface area contributed by atoms with Crippen LogP contribution in [-0.2, 0) is 0 Å². The summed E-state index contributed by atoms with van der Waals surface area (Å²) in [6.07, 6.45) is 9.40. The zero-order valence-corrected chi connectivity index (χ0v) is 9.66. The van der Waals surface area contributed by atoms with Crippen molar-refractivity contribution >= 4 is 0 Å². The normalized spacial score (nSPS) is 17.7. The summed E-state index contributed by atoms with van der Waals surface area (Å²) < 4.78 is 0. The molecule has 0 spiro atoms. The molecular formula is C13H20N2. The number of nitrogens with one attached hydrogen (secondary N) is 1. The van der Waals surface area contributed by atoms with Gasteiger partial charge in [-0.1, -0.05) is 18.9 Å². The highest BCUT2D eigenvalue weighted by molar-refractivity contribution is 5.20. The molecule has 1 N–H and O–H groups in total. The molecule has 1 aliphatic carbocycles. The molecule has 1 saturated carbocycles. The highest BCUT2D eigenvalue weighted by Crippen LogP contribution is 2.35. The fourth-order valence-electron chi connectivity index (χ4n) is 2.06. The van der Waals surface area contributed by atoms with E-state index in [1.807, 2.05) is 19.4 Å². The van der Waals surface area contributed by atoms with Crippen molar-refractivity contribution in [3.8, 4) is 0 Å². The second kappa shape index (κ2) is 4.75. The van der Waals surface area contributed by atoms with Crippen LogP contribution in [0, 0.1) is 12.8 Å². The summed E-state index contributed by atoms with van der Waals surface area (Å²) in [6.45, 7) is 2.10. The van der Waals surface area contributed by atoms with E-state index < -0.39 is 0 Å². The smallest absolute Gasteiger partial charge is 0.0333 e. The average molecular weight is 204 g/mol. The van der Waals surface area contributed by atoms with Crippen LogP contribution in [0.2, 0.25) is 0 Å². The summed E-state index contributed by atoms with van der Waals surface area (Å²) in [4.78, 5) is 4.26. The molecular weight excluding hydrogens is 184 g/mol. The number of nitrogens with zero attached hydrogens (tertiary/aromatic N) is 1. The highest BCUT2D eigenvalue weighted by Gasteiger charge is 2.22. The molecule has 1 aromatic rings. The van der Waals surface area contributed by atoms with E-state index in [1.165, 1.54) is 36.8 Å². The first-order valence-corrected chi connectivity index (χ1v) is 5.88. The van der Waals surface area contributed by atoms with Crippen molar-refractivity contribution in [2.45, 2.75) is 38.6 Å². The van der Waals surface area contributed by atoms with Crippen LogP contribution in [-0.4, -0.2) is 12.0 Å². The molecule has 2 nitrogen and oxygen atoms in total. The van der Waals surface area contributed by atoms with Crippen LogP contribution in [0.3, 0.4) is 0 Å². The molecule has 1 unspecified atom stereocenters. The molecule has 1 atom stereocenters. The molecule has 2 heteroatoms. The molecule has 0 aromatic carbocycles. The molecule has 82 valence electrons. The van der Waals surface area contributed by atoms with Crippen LogP contribution in [0.25, 0.3) is 0 Å². The number of pyridine rings is 1. The maximum atomic E-state index is 4.26. The molecule has 1 aromatic heterocycles. The molecule has 0 amide bonds. The van der Waals surface area contributed by atoms with Gasteiger partial charge in [0.25, 0.3) is 0 Å². The maximum absolute atomic E-state index is 4.26. The molecule has 1 fully saturated rings. The van der Waals surface area contributed by atoms with Crippen LogP contribution in [0.5, 0.6) is 0 Å². The van der Waals surface area contributed by atoms with Gasteiger partial charge in [-0.05, 0) is 43.9 Å². The van der Waals surface area contributed by atoms with Gasteiger partial charge >= 0.3 is 0 Å². The van der Waals surface area contributed by atoms with Crippen LogP contribution in [0.4, 0.5) is 0 Å². The van der Waals surface area contributed by atoms with Gasteiger partial charge in [0, 0.05) is 18.4 Å². The second-order valence-corrected chi connectivity index (χ2v) is 4.66. The Morgan fingerprint density at radius 1 is 1.47 bits per heavy atom. The summed E-state index contributed by atoms with van der Waals surface area (Å²) in [5, 5.41) is 3.39. The van der Waals surface area contributed by atoms with Crippen LogP contribution >= 0.6 is 0 Å². The van der Waals surface area contributed by atoms with Gasteiger partial charge in [-0.2, -0.15) is 0 Å². The quantitative estimate of drug-likeness (QED) is 0.797. The number of hydrogen-bond acceptors (Lipinski definition) is 2. The van der Waals surface area contributed by atoms with Crippen molar-refractivity contribution < 1.29 is 0 Å². The van der Waals surface area contributed by atoms with Gasteiger partial charge in [-0.25, -0.2) is 0 Å². The lowest BCUT2D eigenvalue weighted by Crippen LogP contribution is -2.16. The first kappa shape index (κ1) is 10.6. The van der Waals surface area contributed by atoms with Gasteiger partial charge in [0.15, 0.2) is 0 Å². The van der Waals surface area contributed by atoms with Gasteiger partial charge < -0.3 is 5.32 Å². The first-order valence-electron chi connectivity index (χ1n) is 5.88. The fourth-order valence-corrected chi connectivity index (χ4v) is 2.06. The van der Waals surface area contributed by atoms with Crippen LogP contribution in [0.15, 0.2) is 18.5 Å². The Bertz CT molecular complexity index is 318. The van der Waals surface area contributed by atoms with Crippen molar-refractivity contribution in [2.75, 3.05) is 7.05 Å². The van der Waals surface area contributed by atoms with Crippen molar-refractivity contribution in [2.24, 2.45) is 5.92 Å². The Balaban J connectivity index is 1.97. The molecule has 0 saturated heterocycles. The van der Waals surface area contributed by atoms with E-state index in [9.17, 15) is 0 Å². The molecule has 0 radical (unpaired) electrons. The third-order valence-corrected chi connectivity index (χ3v) is 3.21. The minimum Gasteiger partial charge on any atom is -0.313 e. The van der Waals surface area contributed by atoms with Gasteiger partial charge in [0.2, 0.25) is 0 Å². The highest BCUT2D eigenvalue weighted by atomic mass is 14.9. The number of rotatable bonds is 5. The fraction of sp³-hybridized carbons (Fsp3) is 0.615. The number of aromatic nitrogens is 1. The summed E-state index contributed by atoms with van der Waals surface area (Å²) in [5.41, 5.74) is 2.58. The molecule has 1 heterocycles. The Labute approximate surface area is 92.1 Å². The van der Waals surface area contributed by atoms with E-state index in [0.29, 0.717) is 6.04 Å². The lowest BCUT2D eigenvalue weighted by atomic mass is 10.0. The first-order chi connectivity index (χ1) is 7.29. The van der Waals surface area contributed by atoms with Crippen molar-refractivity contribution in [3.63, 3.8) is 0 Å². The largest absolute Gasteiger partial charge is 0.313 e. The number of aryl methyl sites for hydroxylation is 1. The topological polar surface area (TPSA) is 24.9 Å². The Morgan fingerprint density at radius 3 is 2.87 bits per heavy atom. The summed E-state index contributed by atoms with van der Waals surface area (Å²) in [5.74, 6) is 1.01. The van der Waals surface area contributed by atoms with Crippen molar-refractivity contribution in [1.29, 1.82) is 0 Å². The minimum absolute atomic E-state index is 0.484. The summed E-state index contributed by atoms with van der Waals surface area (Å²) in [6, 6.07) is 2.72. The molecule has 1 aliphatic rings. The van der Waals surface area contributed by atoms with Gasteiger partial charge in [-0.3, -0.25) is 4.98 Å². The lowest BCUT2D eigenvalue weighted by Gasteiger charge is -2.16. The lowest BCUT2D eigenvalue weighted by molar-refractivity contribution is 0.505. The minimum atomic E-state index is 0.484. The summed E-state index contributed by atoms with van der Waals surface area (Å²) in [7, 11) is 2.04. The SMILES string of the molecule is CNC(CCC1CC1)c1cncc(C)c1. The second-order valence-electron chi connectivity index (χ2n) is 4.66. The van der Waals surface area contributed by atoms with E-state index >= 15 is 0 Å². The monoisotopic (exact) mass is 204 g/mol. The molecule has 0 aliphatic heterocycles. The third kappa shape index (κ3) is 3.03. The predicted octanol–water partition coefficient (Wildman–Crippen LogP) is 2.84. The van der Waals surface area contributed by atoms with E-state index in [-0.39, 0.29) is 0 Å². The molecule has 0 bridgehead atoms. The molecule has 15 heavy (non-hydrogen) atoms. The zero-order chi connectivity index (χ0) is 10.7. The Kier molecular flexibility index (Phi) is 3.37. The third-order valence-electron chi connectivity index (χ3n) is 3.21. The zero-order valence-electron chi connectivity index (χ0n) is 9.66. The van der Waals surface area contributed by atoms with Crippen molar-refractivity contribution in [3.05, 3.63) is 29.6 Å². The van der Waals surface area contributed by atoms with E-state index in [1.54, 1.807) is 0 Å². The van der Waals surface area contributed by atoms with Crippen LogP contribution in [0.1, 0.15) is 42.9 Å². The Hall–Kier alpha value is -0.890.